The summed E-state index contributed by atoms with van der Waals surface area (Å²) in [5.41, 5.74) is 4.28. The summed E-state index contributed by atoms with van der Waals surface area (Å²) >= 11 is 5.40. The highest BCUT2D eigenvalue weighted by molar-refractivity contribution is 6.31. The normalized spacial score (nSPS) is 14.0. The number of rotatable bonds is 2. The van der Waals surface area contributed by atoms with Gasteiger partial charge in [0.2, 0.25) is 0 Å². The molecule has 0 saturated carbocycles. The molecule has 0 saturated heterocycles. The zero-order valence-electron chi connectivity index (χ0n) is 7.55. The van der Waals surface area contributed by atoms with Crippen LogP contribution in [0.2, 0.25) is 5.02 Å². The molecule has 15 heavy (non-hydrogen) atoms. The summed E-state index contributed by atoms with van der Waals surface area (Å²) in [6, 6.07) is 3.22. The first-order valence-electron chi connectivity index (χ1n) is 4.11. The van der Waals surface area contributed by atoms with Crippen LogP contribution in [-0.2, 0) is 6.18 Å². The Balaban J connectivity index is 3.17. The van der Waals surface area contributed by atoms with Crippen LogP contribution in [0.25, 0.3) is 0 Å². The highest BCUT2D eigenvalue weighted by Crippen LogP contribution is 2.35. The van der Waals surface area contributed by atoms with Crippen LogP contribution in [0.15, 0.2) is 18.2 Å². The van der Waals surface area contributed by atoms with Crippen molar-refractivity contribution in [3.05, 3.63) is 34.3 Å². The second kappa shape index (κ2) is 4.38. The first kappa shape index (κ1) is 12.3. The van der Waals surface area contributed by atoms with E-state index in [1.54, 1.807) is 0 Å². The number of halogens is 4. The van der Waals surface area contributed by atoms with E-state index in [4.69, 9.17) is 17.3 Å². The third-order valence-electron chi connectivity index (χ3n) is 1.90. The quantitative estimate of drug-likeness (QED) is 0.832. The molecule has 0 amide bonds. The fourth-order valence-corrected chi connectivity index (χ4v) is 1.33. The van der Waals surface area contributed by atoms with E-state index in [1.165, 1.54) is 6.07 Å². The molecule has 0 aliphatic rings. The lowest BCUT2D eigenvalue weighted by Gasteiger charge is -2.13. The lowest BCUT2D eigenvalue weighted by Crippen LogP contribution is -2.13. The lowest BCUT2D eigenvalue weighted by molar-refractivity contribution is -0.137. The summed E-state index contributed by atoms with van der Waals surface area (Å²) in [5, 5.41) is 8.88. The van der Waals surface area contributed by atoms with E-state index < -0.39 is 22.9 Å². The predicted molar refractivity (Wildman–Crippen MR) is 50.5 cm³/mol. The molecule has 1 unspecified atom stereocenters. The number of aliphatic hydroxyl groups is 1. The fraction of sp³-hybridized carbons (Fsp3) is 0.333. The first-order valence-corrected chi connectivity index (χ1v) is 4.49. The summed E-state index contributed by atoms with van der Waals surface area (Å²) in [6.07, 6.45) is -5.63. The molecule has 1 aromatic carbocycles. The van der Waals surface area contributed by atoms with E-state index in [-0.39, 0.29) is 12.1 Å². The molecule has 0 aliphatic carbocycles. The Morgan fingerprint density at radius 2 is 2.00 bits per heavy atom. The maximum Gasteiger partial charge on any atom is 0.417 e. The highest BCUT2D eigenvalue weighted by Gasteiger charge is 2.33. The van der Waals surface area contributed by atoms with Crippen LogP contribution in [0, 0.1) is 0 Å². The van der Waals surface area contributed by atoms with Crippen molar-refractivity contribution in [1.29, 1.82) is 0 Å². The van der Waals surface area contributed by atoms with Gasteiger partial charge in [-0.05, 0) is 17.7 Å². The Labute approximate surface area is 89.5 Å². The molecule has 1 rings (SSSR count). The van der Waals surface area contributed by atoms with Gasteiger partial charge in [-0.2, -0.15) is 13.2 Å². The van der Waals surface area contributed by atoms with Crippen LogP contribution in [-0.4, -0.2) is 11.7 Å². The van der Waals surface area contributed by atoms with Gasteiger partial charge in [0.1, 0.15) is 0 Å². The van der Waals surface area contributed by atoms with Crippen molar-refractivity contribution in [2.75, 3.05) is 6.54 Å². The molecule has 0 aliphatic heterocycles. The molecule has 0 radical (unpaired) electrons. The van der Waals surface area contributed by atoms with Crippen molar-refractivity contribution >= 4 is 11.6 Å². The van der Waals surface area contributed by atoms with Gasteiger partial charge in [0.15, 0.2) is 0 Å². The number of alkyl halides is 3. The number of benzene rings is 1. The molecule has 0 bridgehead atoms. The van der Waals surface area contributed by atoms with Crippen LogP contribution in [0.5, 0.6) is 0 Å². The van der Waals surface area contributed by atoms with E-state index >= 15 is 0 Å². The molecule has 1 atom stereocenters. The summed E-state index contributed by atoms with van der Waals surface area (Å²) < 4.78 is 37.2. The average Bonchev–Trinajstić information content (AvgIpc) is 2.15. The second-order valence-electron chi connectivity index (χ2n) is 2.99. The van der Waals surface area contributed by atoms with E-state index in [0.717, 1.165) is 12.1 Å². The molecule has 84 valence electrons. The molecule has 0 spiro atoms. The number of aliphatic hydroxyl groups excluding tert-OH is 1. The maximum absolute atomic E-state index is 12.4. The standard InChI is InChI=1S/C9H9ClF3NO/c10-7-2-1-5(8(15)4-14)3-6(7)9(11,12)13/h1-3,8,15H,4,14H2. The van der Waals surface area contributed by atoms with Gasteiger partial charge in [-0.25, -0.2) is 0 Å². The predicted octanol–water partition coefficient (Wildman–Crippen LogP) is 2.35. The van der Waals surface area contributed by atoms with E-state index in [0.29, 0.717) is 0 Å². The van der Waals surface area contributed by atoms with Gasteiger partial charge in [0.05, 0.1) is 16.7 Å². The minimum Gasteiger partial charge on any atom is -0.387 e. The Kier molecular flexibility index (Phi) is 3.59. The smallest absolute Gasteiger partial charge is 0.387 e. The Morgan fingerprint density at radius 1 is 1.40 bits per heavy atom. The van der Waals surface area contributed by atoms with Gasteiger partial charge in [0, 0.05) is 6.54 Å². The van der Waals surface area contributed by atoms with Gasteiger partial charge in [0.25, 0.3) is 0 Å². The third-order valence-corrected chi connectivity index (χ3v) is 2.23. The number of nitrogens with two attached hydrogens (primary N) is 1. The van der Waals surface area contributed by atoms with Crippen LogP contribution in [0.1, 0.15) is 17.2 Å². The van der Waals surface area contributed by atoms with E-state index in [9.17, 15) is 18.3 Å². The van der Waals surface area contributed by atoms with E-state index in [1.807, 2.05) is 0 Å². The Hall–Kier alpha value is -0.780. The maximum atomic E-state index is 12.4. The van der Waals surface area contributed by atoms with Crippen molar-refractivity contribution < 1.29 is 18.3 Å². The second-order valence-corrected chi connectivity index (χ2v) is 3.40. The summed E-state index contributed by atoms with van der Waals surface area (Å²) in [4.78, 5) is 0. The lowest BCUT2D eigenvalue weighted by atomic mass is 10.1. The summed E-state index contributed by atoms with van der Waals surface area (Å²) in [5.74, 6) is 0. The van der Waals surface area contributed by atoms with Crippen molar-refractivity contribution in [2.45, 2.75) is 12.3 Å². The van der Waals surface area contributed by atoms with Crippen molar-refractivity contribution in [1.82, 2.24) is 0 Å². The summed E-state index contributed by atoms with van der Waals surface area (Å²) in [7, 11) is 0. The van der Waals surface area contributed by atoms with Crippen LogP contribution < -0.4 is 5.73 Å². The fourth-order valence-electron chi connectivity index (χ4n) is 1.10. The molecular weight excluding hydrogens is 231 g/mol. The largest absolute Gasteiger partial charge is 0.417 e. The SMILES string of the molecule is NCC(O)c1ccc(Cl)c(C(F)(F)F)c1. The Bertz CT molecular complexity index is 354. The highest BCUT2D eigenvalue weighted by atomic mass is 35.5. The summed E-state index contributed by atoms with van der Waals surface area (Å²) in [6.45, 7) is -0.140. The Morgan fingerprint density at radius 3 is 2.47 bits per heavy atom. The minimum absolute atomic E-state index is 0.106. The van der Waals surface area contributed by atoms with Crippen molar-refractivity contribution in [3.8, 4) is 0 Å². The molecule has 0 heterocycles. The van der Waals surface area contributed by atoms with Crippen molar-refractivity contribution in [2.24, 2.45) is 5.73 Å². The third kappa shape index (κ3) is 2.84. The first-order chi connectivity index (χ1) is 6.86. The zero-order chi connectivity index (χ0) is 11.6. The monoisotopic (exact) mass is 239 g/mol. The van der Waals surface area contributed by atoms with Gasteiger partial charge in [-0.1, -0.05) is 17.7 Å². The number of hydrogen-bond acceptors (Lipinski definition) is 2. The van der Waals surface area contributed by atoms with Crippen molar-refractivity contribution in [3.63, 3.8) is 0 Å². The molecule has 0 aromatic heterocycles. The van der Waals surface area contributed by atoms with Gasteiger partial charge in [-0.15, -0.1) is 0 Å². The average molecular weight is 240 g/mol. The molecule has 6 heteroatoms. The molecule has 2 nitrogen and oxygen atoms in total. The van der Waals surface area contributed by atoms with Gasteiger partial charge in [-0.3, -0.25) is 0 Å². The number of hydrogen-bond donors (Lipinski definition) is 2. The minimum atomic E-state index is -4.53. The van der Waals surface area contributed by atoms with Gasteiger partial charge < -0.3 is 10.8 Å². The molecular formula is C9H9ClF3NO. The van der Waals surface area contributed by atoms with E-state index in [2.05, 4.69) is 0 Å². The molecule has 3 N–H and O–H groups in total. The topological polar surface area (TPSA) is 46.2 Å². The van der Waals surface area contributed by atoms with Gasteiger partial charge >= 0.3 is 6.18 Å². The molecule has 0 fully saturated rings. The molecule has 1 aromatic rings. The van der Waals surface area contributed by atoms with Crippen LogP contribution >= 0.6 is 11.6 Å². The zero-order valence-corrected chi connectivity index (χ0v) is 8.31. The van der Waals surface area contributed by atoms with Crippen LogP contribution in [0.3, 0.4) is 0 Å². The van der Waals surface area contributed by atoms with Crippen LogP contribution in [0.4, 0.5) is 13.2 Å².